The largest absolute Gasteiger partial charge is 0.251 e. The predicted molar refractivity (Wildman–Crippen MR) is 173 cm³/mol. The van der Waals surface area contributed by atoms with E-state index < -0.39 is 0 Å². The van der Waals surface area contributed by atoms with E-state index in [0.29, 0.717) is 23.7 Å². The Morgan fingerprint density at radius 2 is 0.868 bits per heavy atom. The first kappa shape index (κ1) is 30.4. The second kappa shape index (κ2) is 12.8. The van der Waals surface area contributed by atoms with Crippen LogP contribution in [0.5, 0.6) is 0 Å². The highest BCUT2D eigenvalue weighted by Crippen LogP contribution is 2.39. The Morgan fingerprint density at radius 1 is 0.579 bits per heavy atom. The van der Waals surface area contributed by atoms with Gasteiger partial charge in [-0.2, -0.15) is 0 Å². The van der Waals surface area contributed by atoms with Gasteiger partial charge in [0.2, 0.25) is 0 Å². The minimum atomic E-state index is 0.362. The molecule has 0 saturated heterocycles. The van der Waals surface area contributed by atoms with Crippen molar-refractivity contribution >= 4 is 54.7 Å². The van der Waals surface area contributed by atoms with Crippen LogP contribution in [0.1, 0.15) is 127 Å². The van der Waals surface area contributed by atoms with E-state index in [0.717, 1.165) is 43.1 Å². The number of halogens is 2. The molecule has 38 heavy (non-hydrogen) atoms. The number of aromatic nitrogens is 1. The van der Waals surface area contributed by atoms with Gasteiger partial charge in [-0.1, -0.05) is 93.3 Å². The van der Waals surface area contributed by atoms with Gasteiger partial charge in [-0.05, 0) is 96.2 Å². The molecule has 0 unspecified atom stereocenters. The summed E-state index contributed by atoms with van der Waals surface area (Å²) in [6, 6.07) is 14.9. The molecule has 0 saturated carbocycles. The summed E-state index contributed by atoms with van der Waals surface area (Å²) >= 11 is 7.41. The van der Waals surface area contributed by atoms with Crippen LogP contribution in [0.2, 0.25) is 0 Å². The van der Waals surface area contributed by atoms with Gasteiger partial charge in [0.15, 0.2) is 0 Å². The van der Waals surface area contributed by atoms with E-state index in [1.807, 2.05) is 12.1 Å². The number of benzene rings is 2. The van der Waals surface area contributed by atoms with Crippen LogP contribution in [-0.2, 0) is 0 Å². The maximum atomic E-state index is 5.17. The quantitative estimate of drug-likeness (QED) is 0.226. The van der Waals surface area contributed by atoms with Crippen molar-refractivity contribution in [2.45, 2.75) is 92.9 Å². The van der Waals surface area contributed by atoms with Crippen LogP contribution in [0.4, 0.5) is 11.4 Å². The van der Waals surface area contributed by atoms with E-state index in [2.05, 4.69) is 131 Å². The third kappa shape index (κ3) is 7.09. The first-order valence-corrected chi connectivity index (χ1v) is 15.1. The number of pyridine rings is 1. The smallest absolute Gasteiger partial charge is 0.0849 e. The molecule has 1 aromatic heterocycles. The fourth-order valence-electron chi connectivity index (χ4n) is 4.59. The van der Waals surface area contributed by atoms with Gasteiger partial charge in [-0.3, -0.25) is 9.98 Å². The van der Waals surface area contributed by atoms with Crippen molar-refractivity contribution < 1.29 is 0 Å². The van der Waals surface area contributed by atoms with Crippen LogP contribution in [0.15, 0.2) is 61.4 Å². The van der Waals surface area contributed by atoms with Gasteiger partial charge in [0.05, 0.1) is 34.2 Å². The summed E-state index contributed by atoms with van der Waals surface area (Å²) in [5.74, 6) is 1.45. The molecule has 3 nitrogen and oxygen atoms in total. The summed E-state index contributed by atoms with van der Waals surface area (Å²) in [5.41, 5.74) is 10.6. The molecule has 0 bridgehead atoms. The molecular weight excluding hydrogens is 598 g/mol. The van der Waals surface area contributed by atoms with Gasteiger partial charge in [-0.25, -0.2) is 4.98 Å². The molecule has 0 aliphatic carbocycles. The third-order valence-corrected chi connectivity index (χ3v) is 7.72. The standard InChI is InChI=1S/C33H41Br2N3/c1-18(2)26-14-24(34)15-27(19(3)4)32(26)36-22(9)30-12-11-13-31(38-30)23(10)37-33-28(20(5)6)16-25(35)17-29(33)21(7)8/h11-21H,1-10H3. The summed E-state index contributed by atoms with van der Waals surface area (Å²) in [4.78, 5) is 15.4. The maximum Gasteiger partial charge on any atom is 0.0849 e. The zero-order chi connectivity index (χ0) is 28.3. The number of rotatable bonds is 8. The molecule has 3 rings (SSSR count). The minimum Gasteiger partial charge on any atom is -0.251 e. The molecule has 0 radical (unpaired) electrons. The Labute approximate surface area is 246 Å². The second-order valence-electron chi connectivity index (χ2n) is 11.3. The van der Waals surface area contributed by atoms with E-state index in [1.54, 1.807) is 0 Å². The summed E-state index contributed by atoms with van der Waals surface area (Å²) in [6.45, 7) is 21.9. The maximum absolute atomic E-state index is 5.17. The Kier molecular flexibility index (Phi) is 10.3. The average molecular weight is 640 g/mol. The molecule has 0 fully saturated rings. The van der Waals surface area contributed by atoms with Crippen molar-refractivity contribution in [3.8, 4) is 0 Å². The van der Waals surface area contributed by atoms with Crippen LogP contribution in [0.3, 0.4) is 0 Å². The van der Waals surface area contributed by atoms with E-state index >= 15 is 0 Å². The Morgan fingerprint density at radius 3 is 1.13 bits per heavy atom. The van der Waals surface area contributed by atoms with Crippen LogP contribution < -0.4 is 0 Å². The molecule has 0 aliphatic rings. The molecule has 0 aliphatic heterocycles. The molecule has 202 valence electrons. The summed E-state index contributed by atoms with van der Waals surface area (Å²) in [6.07, 6.45) is 0. The minimum absolute atomic E-state index is 0.362. The first-order chi connectivity index (χ1) is 17.8. The predicted octanol–water partition coefficient (Wildman–Crippen LogP) is 11.4. The fourth-order valence-corrected chi connectivity index (χ4v) is 5.58. The first-order valence-electron chi connectivity index (χ1n) is 13.5. The van der Waals surface area contributed by atoms with Crippen molar-refractivity contribution in [2.75, 3.05) is 0 Å². The Bertz CT molecular complexity index is 1210. The van der Waals surface area contributed by atoms with Gasteiger partial charge in [-0.15, -0.1) is 0 Å². The molecule has 3 aromatic rings. The number of hydrogen-bond donors (Lipinski definition) is 0. The van der Waals surface area contributed by atoms with E-state index in [9.17, 15) is 0 Å². The van der Waals surface area contributed by atoms with Crippen molar-refractivity contribution in [1.82, 2.24) is 4.98 Å². The average Bonchev–Trinajstić information content (AvgIpc) is 2.84. The normalized spacial score (nSPS) is 12.9. The molecule has 0 spiro atoms. The Hall–Kier alpha value is -2.11. The number of nitrogens with zero attached hydrogens (tertiary/aromatic N) is 3. The Balaban J connectivity index is 2.12. The summed E-state index contributed by atoms with van der Waals surface area (Å²) in [5, 5.41) is 0. The van der Waals surface area contributed by atoms with Crippen LogP contribution in [0.25, 0.3) is 0 Å². The number of aliphatic imine (C=N–C) groups is 2. The van der Waals surface area contributed by atoms with E-state index in [-0.39, 0.29) is 0 Å². The lowest BCUT2D eigenvalue weighted by molar-refractivity contribution is 0.833. The van der Waals surface area contributed by atoms with Crippen LogP contribution in [0, 0.1) is 0 Å². The fraction of sp³-hybridized carbons (Fsp3) is 0.424. The van der Waals surface area contributed by atoms with Crippen molar-refractivity contribution in [2.24, 2.45) is 9.98 Å². The van der Waals surface area contributed by atoms with E-state index in [4.69, 9.17) is 15.0 Å². The molecule has 0 amide bonds. The molecule has 2 aromatic carbocycles. The summed E-state index contributed by atoms with van der Waals surface area (Å²) < 4.78 is 2.20. The van der Waals surface area contributed by atoms with Gasteiger partial charge >= 0.3 is 0 Å². The zero-order valence-corrected chi connectivity index (χ0v) is 27.6. The second-order valence-corrected chi connectivity index (χ2v) is 13.1. The molecule has 5 heteroatoms. The highest BCUT2D eigenvalue weighted by molar-refractivity contribution is 9.10. The van der Waals surface area contributed by atoms with Gasteiger partial charge < -0.3 is 0 Å². The number of hydrogen-bond acceptors (Lipinski definition) is 3. The van der Waals surface area contributed by atoms with Gasteiger partial charge in [0.25, 0.3) is 0 Å². The van der Waals surface area contributed by atoms with Crippen LogP contribution in [-0.4, -0.2) is 16.4 Å². The lowest BCUT2D eigenvalue weighted by atomic mass is 9.92. The molecule has 0 N–H and O–H groups in total. The lowest BCUT2D eigenvalue weighted by Gasteiger charge is -2.18. The molecule has 1 heterocycles. The van der Waals surface area contributed by atoms with Crippen molar-refractivity contribution in [3.05, 3.63) is 85.1 Å². The zero-order valence-electron chi connectivity index (χ0n) is 24.4. The monoisotopic (exact) mass is 637 g/mol. The topological polar surface area (TPSA) is 37.6 Å². The lowest BCUT2D eigenvalue weighted by Crippen LogP contribution is -2.06. The van der Waals surface area contributed by atoms with Gasteiger partial charge in [0, 0.05) is 8.95 Å². The van der Waals surface area contributed by atoms with E-state index in [1.165, 1.54) is 22.3 Å². The van der Waals surface area contributed by atoms with Crippen molar-refractivity contribution in [3.63, 3.8) is 0 Å². The highest BCUT2D eigenvalue weighted by Gasteiger charge is 2.18. The molecule has 0 atom stereocenters. The SMILES string of the molecule is CC(=Nc1c(C(C)C)cc(Br)cc1C(C)C)c1cccc(C(C)=Nc2c(C(C)C)cc(Br)cc2C(C)C)n1. The van der Waals surface area contributed by atoms with Crippen LogP contribution >= 0.6 is 31.9 Å². The summed E-state index contributed by atoms with van der Waals surface area (Å²) in [7, 11) is 0. The third-order valence-electron chi connectivity index (χ3n) is 6.80. The molecular formula is C33H41Br2N3. The van der Waals surface area contributed by atoms with Gasteiger partial charge in [0.1, 0.15) is 0 Å². The van der Waals surface area contributed by atoms with Crippen molar-refractivity contribution in [1.29, 1.82) is 0 Å². The highest BCUT2D eigenvalue weighted by atomic mass is 79.9.